The van der Waals surface area contributed by atoms with Crippen LogP contribution in [0.25, 0.3) is 0 Å². The second kappa shape index (κ2) is 4.72. The molecule has 0 saturated heterocycles. The van der Waals surface area contributed by atoms with Gasteiger partial charge in [0.15, 0.2) is 0 Å². The average Bonchev–Trinajstić information content (AvgIpc) is 1.41. The van der Waals surface area contributed by atoms with Crippen LogP contribution in [0.3, 0.4) is 0 Å². The average molecular weight is 200 g/mol. The van der Waals surface area contributed by atoms with E-state index in [9.17, 15) is 7.48 Å². The fourth-order valence-corrected chi connectivity index (χ4v) is 1.06. The van der Waals surface area contributed by atoms with Gasteiger partial charge >= 0.3 is 42.9 Å². The summed E-state index contributed by atoms with van der Waals surface area (Å²) in [7, 11) is 0. The molecule has 0 aromatic carbocycles. The Bertz CT molecular complexity index is 36.9. The molecule has 0 amide bonds. The molecule has 0 aromatic heterocycles. The van der Waals surface area contributed by atoms with Gasteiger partial charge in [-0.1, -0.05) is 0 Å². The normalized spacial score (nSPS) is 12.8. The SMILES string of the molecule is O=[AsH2]C[AsH2]=O. The van der Waals surface area contributed by atoms with Crippen molar-refractivity contribution in [3.05, 3.63) is 0 Å². The van der Waals surface area contributed by atoms with Gasteiger partial charge in [-0.2, -0.15) is 0 Å². The van der Waals surface area contributed by atoms with Crippen molar-refractivity contribution >= 4 is 31.4 Å². The van der Waals surface area contributed by atoms with Crippen LogP contribution < -0.4 is 0 Å². The molecule has 2 atom stereocenters. The van der Waals surface area contributed by atoms with Crippen molar-refractivity contribution in [2.75, 3.05) is 0 Å². The van der Waals surface area contributed by atoms with Crippen LogP contribution in [0.1, 0.15) is 0 Å². The molecule has 32 valence electrons. The summed E-state index contributed by atoms with van der Waals surface area (Å²) in [5, 5.41) is 0. The fraction of sp³-hybridized carbons (Fsp3) is 1.00. The second-order valence-electron chi connectivity index (χ2n) is 0.569. The molecule has 0 rings (SSSR count). The third-order valence-corrected chi connectivity index (χ3v) is 5.20. The molecular formula is CH6As2O2. The zero-order chi connectivity index (χ0) is 4.12. The molecule has 5 heavy (non-hydrogen) atoms. The van der Waals surface area contributed by atoms with E-state index in [2.05, 4.69) is 0 Å². The second-order valence-corrected chi connectivity index (χ2v) is 8.10. The van der Waals surface area contributed by atoms with Gasteiger partial charge in [0.1, 0.15) is 0 Å². The minimum atomic E-state index is -1.20. The van der Waals surface area contributed by atoms with Gasteiger partial charge in [-0.3, -0.25) is 0 Å². The summed E-state index contributed by atoms with van der Waals surface area (Å²) >= 11 is -2.39. The fourth-order valence-electron chi connectivity index (χ4n) is 0.0393. The molecule has 0 N–H and O–H groups in total. The van der Waals surface area contributed by atoms with E-state index < -0.39 is 31.4 Å². The third-order valence-electron chi connectivity index (χ3n) is 0.192. The van der Waals surface area contributed by atoms with E-state index in [-0.39, 0.29) is 0 Å². The Hall–Kier alpha value is 0.717. The maximum atomic E-state index is 9.53. The minimum absolute atomic E-state index is 0.590. The molecule has 0 aliphatic heterocycles. The maximum absolute atomic E-state index is 9.53. The zero-order valence-electron chi connectivity index (χ0n) is 2.68. The molecule has 0 aliphatic rings. The quantitative estimate of drug-likeness (QED) is 0.502. The third kappa shape index (κ3) is 4.72. The van der Waals surface area contributed by atoms with Gasteiger partial charge < -0.3 is 0 Å². The summed E-state index contributed by atoms with van der Waals surface area (Å²) in [6.07, 6.45) is 0. The molecular weight excluding hydrogens is 194 g/mol. The van der Waals surface area contributed by atoms with Gasteiger partial charge in [0, 0.05) is 0 Å². The first kappa shape index (κ1) is 5.72. The van der Waals surface area contributed by atoms with Gasteiger partial charge in [-0.15, -0.1) is 0 Å². The van der Waals surface area contributed by atoms with E-state index in [0.29, 0.717) is 4.00 Å². The van der Waals surface area contributed by atoms with Crippen LogP contribution in [-0.2, 0) is 7.48 Å². The number of rotatable bonds is 2. The van der Waals surface area contributed by atoms with E-state index in [0.717, 1.165) is 0 Å². The Balaban J connectivity index is 2.65. The van der Waals surface area contributed by atoms with E-state index >= 15 is 0 Å². The molecule has 0 spiro atoms. The van der Waals surface area contributed by atoms with Crippen molar-refractivity contribution in [3.8, 4) is 0 Å². The van der Waals surface area contributed by atoms with Crippen LogP contribution in [0.5, 0.6) is 0 Å². The molecule has 0 bridgehead atoms. The first-order valence-electron chi connectivity index (χ1n) is 1.29. The predicted molar refractivity (Wildman–Crippen MR) is 23.3 cm³/mol. The first-order chi connectivity index (χ1) is 2.41. The van der Waals surface area contributed by atoms with Crippen LogP contribution in [0.2, 0.25) is 4.00 Å². The summed E-state index contributed by atoms with van der Waals surface area (Å²) in [5.74, 6) is 0. The molecule has 0 aromatic rings. The molecule has 0 saturated carbocycles. The van der Waals surface area contributed by atoms with Gasteiger partial charge in [-0.25, -0.2) is 0 Å². The Labute approximate surface area is 43.1 Å². The van der Waals surface area contributed by atoms with Crippen molar-refractivity contribution in [1.82, 2.24) is 0 Å². The van der Waals surface area contributed by atoms with Gasteiger partial charge in [-0.05, 0) is 0 Å². The van der Waals surface area contributed by atoms with Crippen LogP contribution in [0.15, 0.2) is 0 Å². The Kier molecular flexibility index (Phi) is 5.39. The molecule has 4 heteroatoms. The van der Waals surface area contributed by atoms with Crippen LogP contribution >= 0.6 is 0 Å². The summed E-state index contributed by atoms with van der Waals surface area (Å²) in [6.45, 7) is 0. The predicted octanol–water partition coefficient (Wildman–Crippen LogP) is -1.61. The first-order valence-corrected chi connectivity index (χ1v) is 6.69. The molecule has 0 radical (unpaired) electrons. The molecule has 0 aliphatic carbocycles. The van der Waals surface area contributed by atoms with E-state index in [4.69, 9.17) is 0 Å². The summed E-state index contributed by atoms with van der Waals surface area (Å²) in [6, 6.07) is 0. The summed E-state index contributed by atoms with van der Waals surface area (Å²) < 4.78 is 19.6. The topological polar surface area (TPSA) is 34.1 Å². The number of hydrogen-bond donors (Lipinski definition) is 0. The number of hydrogen-bond acceptors (Lipinski definition) is 2. The monoisotopic (exact) mass is 200 g/mol. The van der Waals surface area contributed by atoms with Gasteiger partial charge in [0.05, 0.1) is 0 Å². The summed E-state index contributed by atoms with van der Waals surface area (Å²) in [4.78, 5) is 0. The molecule has 0 heterocycles. The molecule has 2 unspecified atom stereocenters. The van der Waals surface area contributed by atoms with Crippen molar-refractivity contribution in [1.29, 1.82) is 0 Å². The van der Waals surface area contributed by atoms with Crippen LogP contribution in [0, 0.1) is 0 Å². The van der Waals surface area contributed by atoms with E-state index in [1.54, 1.807) is 0 Å². The Morgan fingerprint density at radius 3 is 1.60 bits per heavy atom. The zero-order valence-corrected chi connectivity index (χ0v) is 7.52. The van der Waals surface area contributed by atoms with E-state index in [1.807, 2.05) is 0 Å². The van der Waals surface area contributed by atoms with Crippen molar-refractivity contribution < 1.29 is 7.48 Å². The van der Waals surface area contributed by atoms with Crippen molar-refractivity contribution in [2.45, 2.75) is 4.00 Å². The van der Waals surface area contributed by atoms with Crippen LogP contribution in [0.4, 0.5) is 0 Å². The standard InChI is InChI=1S/CH6As2O2/c4-2-1-3-5/h1-3H2. The van der Waals surface area contributed by atoms with Crippen molar-refractivity contribution in [2.24, 2.45) is 0 Å². The molecule has 2 nitrogen and oxygen atoms in total. The summed E-state index contributed by atoms with van der Waals surface area (Å²) in [5.41, 5.74) is 0. The van der Waals surface area contributed by atoms with E-state index in [1.165, 1.54) is 0 Å². The van der Waals surface area contributed by atoms with Crippen molar-refractivity contribution in [3.63, 3.8) is 0 Å². The van der Waals surface area contributed by atoms with Crippen LogP contribution in [-0.4, -0.2) is 31.4 Å². The van der Waals surface area contributed by atoms with Gasteiger partial charge in [0.2, 0.25) is 0 Å². The Morgan fingerprint density at radius 2 is 1.60 bits per heavy atom. The molecule has 0 fully saturated rings. The van der Waals surface area contributed by atoms with Gasteiger partial charge in [0.25, 0.3) is 0 Å². The Morgan fingerprint density at radius 1 is 1.20 bits per heavy atom.